The summed E-state index contributed by atoms with van der Waals surface area (Å²) in [6.45, 7) is 0. The minimum Gasteiger partial charge on any atom is -0.476 e. The van der Waals surface area contributed by atoms with Gasteiger partial charge < -0.3 is 28.8 Å². The van der Waals surface area contributed by atoms with Crippen molar-refractivity contribution in [3.63, 3.8) is 0 Å². The van der Waals surface area contributed by atoms with Crippen LogP contribution in [0.25, 0.3) is 11.1 Å². The maximum atomic E-state index is 13.2. The molecule has 4 heterocycles. The van der Waals surface area contributed by atoms with Crippen molar-refractivity contribution >= 4 is 11.9 Å². The Morgan fingerprint density at radius 1 is 0.640 bits per heavy atom. The first-order valence-corrected chi connectivity index (χ1v) is 14.4. The normalized spacial score (nSPS) is 10.4. The predicted octanol–water partition coefficient (Wildman–Crippen LogP) is 2.77. The van der Waals surface area contributed by atoms with Gasteiger partial charge in [-0.2, -0.15) is 0 Å². The Hall–Kier alpha value is -7.72. The lowest BCUT2D eigenvalue weighted by Gasteiger charge is -2.08. The van der Waals surface area contributed by atoms with Crippen molar-refractivity contribution in [3.05, 3.63) is 127 Å². The highest BCUT2D eigenvalue weighted by atomic mass is 16.5. The highest BCUT2D eigenvalue weighted by Gasteiger charge is 2.18. The van der Waals surface area contributed by atoms with Crippen LogP contribution in [0.1, 0.15) is 43.2 Å². The van der Waals surface area contributed by atoms with Crippen LogP contribution >= 0.6 is 0 Å². The fourth-order valence-corrected chi connectivity index (χ4v) is 4.56. The Bertz CT molecular complexity index is 2540. The molecular weight excluding hydrogens is 648 g/mol. The zero-order valence-corrected chi connectivity index (χ0v) is 26.0. The molecule has 16 heteroatoms. The summed E-state index contributed by atoms with van der Waals surface area (Å²) in [6, 6.07) is 16.1. The molecule has 0 bridgehead atoms. The van der Waals surface area contributed by atoms with E-state index < -0.39 is 23.1 Å². The van der Waals surface area contributed by atoms with Crippen LogP contribution in [0.2, 0.25) is 0 Å². The van der Waals surface area contributed by atoms with Crippen LogP contribution in [0.5, 0.6) is 23.3 Å². The number of hydrogen-bond donors (Lipinski definition) is 4. The average molecular weight is 671 g/mol. The number of pyridine rings is 2. The molecule has 2 aromatic carbocycles. The van der Waals surface area contributed by atoms with E-state index in [2.05, 4.69) is 54.5 Å². The Kier molecular flexibility index (Phi) is 8.74. The number of benzene rings is 2. The number of aromatic nitrogens is 8. The molecule has 246 valence electrons. The summed E-state index contributed by atoms with van der Waals surface area (Å²) in [5.41, 5.74) is 0.870. The zero-order valence-electron chi connectivity index (χ0n) is 26.0. The summed E-state index contributed by atoms with van der Waals surface area (Å²) in [5, 5.41) is 37.1. The third kappa shape index (κ3) is 6.99. The van der Waals surface area contributed by atoms with Gasteiger partial charge in [0.1, 0.15) is 11.5 Å². The SMILES string of the molecule is Cn1cc(C#Cc2ccc(Oc3nn[nH]c3C(=O)O)cc2)cc(-c2cc(C#Cc3cccc(Oc4nn[nH]c4C(=O)O)c3)cn(C)c2=O)c1=O. The minimum absolute atomic E-state index is 0.128. The number of carboxylic acid groups (broad SMARTS) is 2. The molecule has 0 aliphatic carbocycles. The second kappa shape index (κ2) is 13.6. The first-order chi connectivity index (χ1) is 24.0. The topological polar surface area (TPSA) is 220 Å². The maximum absolute atomic E-state index is 13.2. The van der Waals surface area contributed by atoms with E-state index in [1.807, 2.05) is 0 Å². The second-order valence-electron chi connectivity index (χ2n) is 10.5. The molecule has 0 aliphatic heterocycles. The minimum atomic E-state index is -1.28. The summed E-state index contributed by atoms with van der Waals surface area (Å²) < 4.78 is 13.7. The Morgan fingerprint density at radius 3 is 1.64 bits per heavy atom. The summed E-state index contributed by atoms with van der Waals surface area (Å²) >= 11 is 0. The quantitative estimate of drug-likeness (QED) is 0.180. The molecule has 16 nitrogen and oxygen atoms in total. The molecule has 0 saturated heterocycles. The number of nitrogens with one attached hydrogen (secondary N) is 2. The van der Waals surface area contributed by atoms with E-state index in [-0.39, 0.29) is 40.0 Å². The van der Waals surface area contributed by atoms with Crippen molar-refractivity contribution < 1.29 is 29.3 Å². The van der Waals surface area contributed by atoms with Crippen molar-refractivity contribution in [1.82, 2.24) is 40.0 Å². The average Bonchev–Trinajstić information content (AvgIpc) is 3.76. The standard InChI is InChI=1S/C34H22N8O8/c1-41-17-21(8-6-19-10-12-23(13-11-19)49-29-27(33(45)46)35-39-37-29)15-25(31(41)43)26-16-22(18-42(2)32(26)44)9-7-20-4-3-5-24(14-20)50-30-28(34(47)48)36-40-38-30/h3-5,10-18H,1-2H3,(H,45,46)(H,47,48)(H,35,37,39)(H,36,38,40). The number of aromatic carboxylic acids is 2. The van der Waals surface area contributed by atoms with Gasteiger partial charge >= 0.3 is 11.9 Å². The molecule has 6 rings (SSSR count). The summed E-state index contributed by atoms with van der Waals surface area (Å²) in [4.78, 5) is 49.0. The number of hydrogen-bond acceptors (Lipinski definition) is 10. The molecule has 0 atom stereocenters. The molecule has 0 radical (unpaired) electrons. The van der Waals surface area contributed by atoms with Gasteiger partial charge in [0.2, 0.25) is 11.4 Å². The van der Waals surface area contributed by atoms with Crippen LogP contribution in [0.4, 0.5) is 0 Å². The van der Waals surface area contributed by atoms with Crippen LogP contribution in [0.15, 0.2) is 82.6 Å². The number of carbonyl (C=O) groups is 2. The lowest BCUT2D eigenvalue weighted by Crippen LogP contribution is -2.25. The Balaban J connectivity index is 1.25. The molecule has 0 spiro atoms. The lowest BCUT2D eigenvalue weighted by atomic mass is 10.0. The van der Waals surface area contributed by atoms with Gasteiger partial charge in [-0.15, -0.1) is 0 Å². The first kappa shape index (κ1) is 32.2. The molecule has 0 aliphatic rings. The van der Waals surface area contributed by atoms with E-state index in [1.165, 1.54) is 21.3 Å². The van der Waals surface area contributed by atoms with Crippen molar-refractivity contribution in [3.8, 4) is 58.1 Å². The number of aryl methyl sites for hydroxylation is 2. The van der Waals surface area contributed by atoms with Gasteiger partial charge in [0, 0.05) is 48.7 Å². The van der Waals surface area contributed by atoms with Gasteiger partial charge in [-0.1, -0.05) is 50.4 Å². The van der Waals surface area contributed by atoms with E-state index in [9.17, 15) is 29.4 Å². The molecule has 0 saturated carbocycles. The molecule has 0 amide bonds. The first-order valence-electron chi connectivity index (χ1n) is 14.4. The Labute approximate surface area is 280 Å². The smallest absolute Gasteiger partial charge is 0.359 e. The fourth-order valence-electron chi connectivity index (χ4n) is 4.56. The largest absolute Gasteiger partial charge is 0.476 e. The van der Waals surface area contributed by atoms with Gasteiger partial charge in [0.25, 0.3) is 22.9 Å². The van der Waals surface area contributed by atoms with E-state index in [0.29, 0.717) is 28.0 Å². The summed E-state index contributed by atoms with van der Waals surface area (Å²) in [6.07, 6.45) is 3.09. The van der Waals surface area contributed by atoms with Crippen LogP contribution < -0.4 is 20.6 Å². The number of nitrogens with zero attached hydrogens (tertiary/aromatic N) is 6. The third-order valence-corrected chi connectivity index (χ3v) is 6.94. The van der Waals surface area contributed by atoms with Crippen molar-refractivity contribution in [2.45, 2.75) is 0 Å². The highest BCUT2D eigenvalue weighted by Crippen LogP contribution is 2.23. The number of ether oxygens (including phenoxy) is 2. The van der Waals surface area contributed by atoms with E-state index in [4.69, 9.17) is 9.47 Å². The molecule has 6 aromatic rings. The predicted molar refractivity (Wildman–Crippen MR) is 174 cm³/mol. The molecule has 0 unspecified atom stereocenters. The van der Waals surface area contributed by atoms with E-state index >= 15 is 0 Å². The number of rotatable bonds is 7. The van der Waals surface area contributed by atoms with Crippen LogP contribution in [-0.2, 0) is 14.1 Å². The number of carboxylic acids is 2. The van der Waals surface area contributed by atoms with Gasteiger partial charge in [0.15, 0.2) is 0 Å². The number of H-pyrrole nitrogens is 2. The van der Waals surface area contributed by atoms with Gasteiger partial charge in [-0.25, -0.2) is 19.8 Å². The molecule has 50 heavy (non-hydrogen) atoms. The van der Waals surface area contributed by atoms with Crippen LogP contribution in [-0.4, -0.2) is 62.1 Å². The van der Waals surface area contributed by atoms with E-state index in [1.54, 1.807) is 75.0 Å². The maximum Gasteiger partial charge on any atom is 0.359 e. The number of aromatic amines is 2. The Morgan fingerprint density at radius 2 is 1.12 bits per heavy atom. The fraction of sp³-hybridized carbons (Fsp3) is 0.0588. The molecule has 0 fully saturated rings. The van der Waals surface area contributed by atoms with Gasteiger partial charge in [-0.3, -0.25) is 9.59 Å². The summed E-state index contributed by atoms with van der Waals surface area (Å²) in [5.74, 6) is 9.66. The third-order valence-electron chi connectivity index (χ3n) is 6.94. The molecular formula is C34H22N8O8. The summed E-state index contributed by atoms with van der Waals surface area (Å²) in [7, 11) is 3.11. The van der Waals surface area contributed by atoms with E-state index in [0.717, 1.165) is 0 Å². The lowest BCUT2D eigenvalue weighted by molar-refractivity contribution is 0.0676. The van der Waals surface area contributed by atoms with Crippen molar-refractivity contribution in [2.75, 3.05) is 0 Å². The van der Waals surface area contributed by atoms with Gasteiger partial charge in [0.05, 0.1) is 11.1 Å². The van der Waals surface area contributed by atoms with Crippen LogP contribution in [0.3, 0.4) is 0 Å². The highest BCUT2D eigenvalue weighted by molar-refractivity contribution is 5.88. The second-order valence-corrected chi connectivity index (χ2v) is 10.5. The van der Waals surface area contributed by atoms with Crippen molar-refractivity contribution in [2.24, 2.45) is 14.1 Å². The van der Waals surface area contributed by atoms with Gasteiger partial charge in [-0.05, 0) is 54.6 Å². The van der Waals surface area contributed by atoms with Crippen molar-refractivity contribution in [1.29, 1.82) is 0 Å². The zero-order chi connectivity index (χ0) is 35.4. The van der Waals surface area contributed by atoms with Crippen LogP contribution in [0, 0.1) is 23.7 Å². The molecule has 4 N–H and O–H groups in total. The monoisotopic (exact) mass is 670 g/mol. The molecule has 4 aromatic heterocycles.